The third-order valence-corrected chi connectivity index (χ3v) is 6.75. The monoisotopic (exact) mass is 519 g/mol. The largest absolute Gasteiger partial charge is 0.423 e. The number of hydrogen-bond acceptors (Lipinski definition) is 8. The Hall–Kier alpha value is -3.66. The summed E-state index contributed by atoms with van der Waals surface area (Å²) in [6.07, 6.45) is 0.160. The number of rotatable bonds is 5. The summed E-state index contributed by atoms with van der Waals surface area (Å²) in [6.45, 7) is 5.09. The van der Waals surface area contributed by atoms with E-state index in [9.17, 15) is 22.8 Å². The van der Waals surface area contributed by atoms with Crippen molar-refractivity contribution in [2.45, 2.75) is 25.4 Å². The lowest BCUT2D eigenvalue weighted by Gasteiger charge is -2.60. The van der Waals surface area contributed by atoms with Crippen molar-refractivity contribution in [3.8, 4) is 6.07 Å². The molecule has 3 saturated heterocycles. The van der Waals surface area contributed by atoms with Crippen molar-refractivity contribution in [1.29, 1.82) is 5.26 Å². The van der Waals surface area contributed by atoms with Gasteiger partial charge in [0.05, 0.1) is 30.5 Å². The highest BCUT2D eigenvalue weighted by molar-refractivity contribution is 5.77. The number of aromatic nitrogens is 3. The van der Waals surface area contributed by atoms with Gasteiger partial charge in [0.2, 0.25) is 5.91 Å². The second-order valence-corrected chi connectivity index (χ2v) is 9.52. The van der Waals surface area contributed by atoms with Gasteiger partial charge in [-0.05, 0) is 25.0 Å². The maximum absolute atomic E-state index is 12.7. The molecular weight excluding hydrogens is 491 g/mol. The Labute approximate surface area is 211 Å². The maximum Gasteiger partial charge on any atom is 0.423 e. The van der Waals surface area contributed by atoms with Crippen LogP contribution in [0, 0.1) is 16.7 Å². The zero-order chi connectivity index (χ0) is 26.6. The van der Waals surface area contributed by atoms with Crippen molar-refractivity contribution in [2.75, 3.05) is 62.8 Å². The molecule has 0 aliphatic carbocycles. The summed E-state index contributed by atoms with van der Waals surface area (Å²) in [5, 5.41) is 14.0. The van der Waals surface area contributed by atoms with E-state index in [1.54, 1.807) is 24.3 Å². The smallest absolute Gasteiger partial charge is 0.384 e. The van der Waals surface area contributed by atoms with E-state index in [0.717, 1.165) is 51.0 Å². The van der Waals surface area contributed by atoms with E-state index in [1.165, 1.54) is 0 Å². The average Bonchev–Trinajstić information content (AvgIpc) is 3.36. The first-order valence-corrected chi connectivity index (χ1v) is 11.9. The predicted octanol–water partition coefficient (Wildman–Crippen LogP) is 2.03. The number of likely N-dealkylation sites (tertiary alicyclic amines) is 1. The van der Waals surface area contributed by atoms with Crippen molar-refractivity contribution < 1.29 is 22.7 Å². The van der Waals surface area contributed by atoms with Crippen LogP contribution in [-0.4, -0.2) is 79.0 Å². The van der Waals surface area contributed by atoms with Crippen LogP contribution in [0.1, 0.15) is 30.4 Å². The molecule has 2 aromatic rings. The number of methoxy groups -OCH3 is 1. The number of carbonyl (C=O) groups excluding carboxylic acids is 1. The van der Waals surface area contributed by atoms with Crippen LogP contribution >= 0.6 is 0 Å². The molecule has 10 nitrogen and oxygen atoms in total. The summed E-state index contributed by atoms with van der Waals surface area (Å²) >= 11 is 0. The van der Waals surface area contributed by atoms with Gasteiger partial charge in [-0.15, -0.1) is 0 Å². The lowest BCUT2D eigenvalue weighted by molar-refractivity contribution is -0.146. The van der Waals surface area contributed by atoms with Crippen LogP contribution in [0.15, 0.2) is 29.3 Å². The Balaban J connectivity index is 0.000000180. The SMILES string of the molecule is COCCC(=O)N1CC2(C1)CN(c1ccc(C#N)cn1)C2.O=c1[nH]ncc(N2CCCC2)c1C(F)(F)F. The topological polar surface area (TPSA) is 118 Å². The number of ether oxygens (including phenoxy) is 1. The Morgan fingerprint density at radius 3 is 2.43 bits per heavy atom. The lowest BCUT2D eigenvalue weighted by atomic mass is 9.72. The van der Waals surface area contributed by atoms with Crippen LogP contribution in [0.4, 0.5) is 24.7 Å². The van der Waals surface area contributed by atoms with Crippen molar-refractivity contribution in [3.63, 3.8) is 0 Å². The van der Waals surface area contributed by atoms with E-state index in [0.29, 0.717) is 31.7 Å². The quantitative estimate of drug-likeness (QED) is 0.638. The van der Waals surface area contributed by atoms with Gasteiger partial charge in [0.25, 0.3) is 5.56 Å². The van der Waals surface area contributed by atoms with Crippen LogP contribution in [0.25, 0.3) is 0 Å². The van der Waals surface area contributed by atoms with Crippen molar-refractivity contribution >= 4 is 17.4 Å². The minimum absolute atomic E-state index is 0.117. The summed E-state index contributed by atoms with van der Waals surface area (Å²) in [7, 11) is 1.61. The first-order chi connectivity index (χ1) is 17.7. The third-order valence-electron chi connectivity index (χ3n) is 6.75. The molecule has 3 fully saturated rings. The highest BCUT2D eigenvalue weighted by Gasteiger charge is 2.53. The van der Waals surface area contributed by atoms with Crippen molar-refractivity contribution in [2.24, 2.45) is 5.41 Å². The number of nitriles is 1. The summed E-state index contributed by atoms with van der Waals surface area (Å²) in [6, 6.07) is 5.73. The van der Waals surface area contributed by atoms with E-state index in [1.807, 2.05) is 16.1 Å². The third kappa shape index (κ3) is 5.85. The lowest BCUT2D eigenvalue weighted by Crippen LogP contribution is -2.73. The van der Waals surface area contributed by atoms with Gasteiger partial charge >= 0.3 is 6.18 Å². The molecule has 5 rings (SSSR count). The molecule has 3 aliphatic rings. The van der Waals surface area contributed by atoms with E-state index in [-0.39, 0.29) is 17.0 Å². The van der Waals surface area contributed by atoms with E-state index >= 15 is 0 Å². The Kier molecular flexibility index (Phi) is 7.68. The van der Waals surface area contributed by atoms with Crippen LogP contribution < -0.4 is 15.4 Å². The van der Waals surface area contributed by atoms with E-state index in [4.69, 9.17) is 10.00 Å². The van der Waals surface area contributed by atoms with Gasteiger partial charge in [-0.25, -0.2) is 10.1 Å². The number of nitrogens with zero attached hydrogens (tertiary/aromatic N) is 6. The van der Waals surface area contributed by atoms with Gasteiger partial charge in [0.15, 0.2) is 0 Å². The summed E-state index contributed by atoms with van der Waals surface area (Å²) in [5.74, 6) is 1.08. The molecule has 0 bridgehead atoms. The fourth-order valence-corrected chi connectivity index (χ4v) is 4.91. The van der Waals surface area contributed by atoms with E-state index < -0.39 is 17.3 Å². The number of nitrogens with one attached hydrogen (secondary N) is 1. The highest BCUT2D eigenvalue weighted by Crippen LogP contribution is 2.41. The van der Waals surface area contributed by atoms with Gasteiger partial charge in [-0.1, -0.05) is 0 Å². The molecule has 2 aromatic heterocycles. The first-order valence-electron chi connectivity index (χ1n) is 11.9. The number of halogens is 3. The first kappa shape index (κ1) is 26.4. The Morgan fingerprint density at radius 1 is 1.16 bits per heavy atom. The number of carbonyl (C=O) groups is 1. The van der Waals surface area contributed by atoms with Gasteiger partial charge < -0.3 is 19.4 Å². The Bertz CT molecular complexity index is 1190. The molecule has 0 radical (unpaired) electrons. The Morgan fingerprint density at radius 2 is 1.86 bits per heavy atom. The minimum Gasteiger partial charge on any atom is -0.384 e. The number of amides is 1. The molecule has 1 amide bonds. The summed E-state index contributed by atoms with van der Waals surface area (Å²) < 4.78 is 43.0. The molecule has 37 heavy (non-hydrogen) atoms. The number of aromatic amines is 1. The molecule has 0 saturated carbocycles. The molecule has 3 aliphatic heterocycles. The zero-order valence-corrected chi connectivity index (χ0v) is 20.4. The van der Waals surface area contributed by atoms with Gasteiger partial charge in [0, 0.05) is 58.0 Å². The molecule has 0 atom stereocenters. The maximum atomic E-state index is 12.7. The second-order valence-electron chi connectivity index (χ2n) is 9.52. The fourth-order valence-electron chi connectivity index (χ4n) is 4.91. The molecule has 5 heterocycles. The van der Waals surface area contributed by atoms with Crippen LogP contribution in [-0.2, 0) is 15.7 Å². The summed E-state index contributed by atoms with van der Waals surface area (Å²) in [4.78, 5) is 32.9. The standard InChI is InChI=1S/C15H18N4O2.C9H10F3N3O/c1-21-5-4-14(20)19-10-15(11-19)8-18(9-15)13-3-2-12(6-16)7-17-13;10-9(11,12)7-6(5-13-14-8(7)16)15-3-1-2-4-15/h2-3,7H,4-5,8-11H2,1H3;5H,1-4H2,(H,14,16). The number of anilines is 2. The molecule has 1 spiro atoms. The fraction of sp³-hybridized carbons (Fsp3) is 0.542. The average molecular weight is 520 g/mol. The highest BCUT2D eigenvalue weighted by atomic mass is 19.4. The van der Waals surface area contributed by atoms with Crippen LogP contribution in [0.3, 0.4) is 0 Å². The number of H-pyrrole nitrogens is 1. The summed E-state index contributed by atoms with van der Waals surface area (Å²) in [5.41, 5.74) is -1.62. The molecule has 0 aromatic carbocycles. The number of hydrogen-bond donors (Lipinski definition) is 1. The number of pyridine rings is 1. The second kappa shape index (κ2) is 10.8. The van der Waals surface area contributed by atoms with Crippen LogP contribution in [0.5, 0.6) is 0 Å². The predicted molar refractivity (Wildman–Crippen MR) is 128 cm³/mol. The minimum atomic E-state index is -4.64. The van der Waals surface area contributed by atoms with Gasteiger partial charge in [-0.3, -0.25) is 9.59 Å². The molecule has 1 N–H and O–H groups in total. The number of alkyl halides is 3. The molecule has 198 valence electrons. The van der Waals surface area contributed by atoms with Gasteiger partial charge in [-0.2, -0.15) is 23.5 Å². The molecule has 13 heteroatoms. The normalized spacial score (nSPS) is 18.0. The molecular formula is C24H28F3N7O3. The van der Waals surface area contributed by atoms with E-state index in [2.05, 4.69) is 21.1 Å². The zero-order valence-electron chi connectivity index (χ0n) is 20.4. The van der Waals surface area contributed by atoms with Crippen molar-refractivity contribution in [1.82, 2.24) is 20.1 Å². The van der Waals surface area contributed by atoms with Crippen LogP contribution in [0.2, 0.25) is 0 Å². The molecule has 0 unspecified atom stereocenters. The van der Waals surface area contributed by atoms with Gasteiger partial charge in [0.1, 0.15) is 17.5 Å². The van der Waals surface area contributed by atoms with Crippen molar-refractivity contribution in [3.05, 3.63) is 46.0 Å².